The van der Waals surface area contributed by atoms with Gasteiger partial charge in [-0.15, -0.1) is 0 Å². The van der Waals surface area contributed by atoms with E-state index >= 15 is 0 Å². The summed E-state index contributed by atoms with van der Waals surface area (Å²) in [4.78, 5) is 36.1. The average Bonchev–Trinajstić information content (AvgIpc) is 3.07. The van der Waals surface area contributed by atoms with Crippen LogP contribution in [0.3, 0.4) is 0 Å². The van der Waals surface area contributed by atoms with E-state index in [4.69, 9.17) is 9.47 Å². The highest BCUT2D eigenvalue weighted by molar-refractivity contribution is 5.89. The maximum atomic E-state index is 12.6. The molecule has 0 spiro atoms. The van der Waals surface area contributed by atoms with E-state index in [-0.39, 0.29) is 13.2 Å². The van der Waals surface area contributed by atoms with Gasteiger partial charge in [-0.25, -0.2) is 4.79 Å². The number of unbranched alkanes of at least 4 members (excludes halogenated alkanes) is 30. The fourth-order valence-corrected chi connectivity index (χ4v) is 6.52. The molecule has 0 heterocycles. The topological polar surface area (TPSA) is 113 Å². The summed E-state index contributed by atoms with van der Waals surface area (Å²) < 4.78 is 10.4. The van der Waals surface area contributed by atoms with Crippen molar-refractivity contribution in [3.63, 3.8) is 0 Å². The van der Waals surface area contributed by atoms with Gasteiger partial charge in [-0.2, -0.15) is 0 Å². The number of carboxylic acids is 1. The standard InChI is InChI=1S/C42H80O7/c1-3-5-7-9-11-13-15-17-19-21-23-25-27-29-31-33-35-48-40(45)38-42(47,37-39(43)44)41(46)49-36-34-32-30-28-26-24-22-20-18-16-14-12-10-8-6-4-2/h47H,3-38H2,1-2H3,(H,43,44)/p-1. The number of aliphatic carboxylic acids is 1. The molecule has 0 aromatic rings. The first-order valence-corrected chi connectivity index (χ1v) is 21.1. The van der Waals surface area contributed by atoms with Gasteiger partial charge in [-0.05, 0) is 12.8 Å². The minimum Gasteiger partial charge on any atom is -0.550 e. The summed E-state index contributed by atoms with van der Waals surface area (Å²) in [6.45, 7) is 4.79. The Morgan fingerprint density at radius 1 is 0.429 bits per heavy atom. The molecule has 1 N–H and O–H groups in total. The summed E-state index contributed by atoms with van der Waals surface area (Å²) in [7, 11) is 0. The Labute approximate surface area is 302 Å². The molecule has 7 heteroatoms. The molecule has 0 aromatic carbocycles. The fraction of sp³-hybridized carbons (Fsp3) is 0.929. The van der Waals surface area contributed by atoms with Gasteiger partial charge in [0.2, 0.25) is 0 Å². The molecule has 0 fully saturated rings. The molecule has 0 amide bonds. The van der Waals surface area contributed by atoms with Crippen LogP contribution in [-0.4, -0.2) is 41.8 Å². The van der Waals surface area contributed by atoms with Crippen LogP contribution < -0.4 is 5.11 Å². The van der Waals surface area contributed by atoms with Crippen molar-refractivity contribution >= 4 is 17.9 Å². The van der Waals surface area contributed by atoms with Crippen molar-refractivity contribution in [1.29, 1.82) is 0 Å². The van der Waals surface area contributed by atoms with Crippen molar-refractivity contribution < 1.29 is 34.1 Å². The maximum Gasteiger partial charge on any atom is 0.339 e. The Morgan fingerprint density at radius 2 is 0.694 bits per heavy atom. The van der Waals surface area contributed by atoms with Crippen molar-refractivity contribution in [1.82, 2.24) is 0 Å². The predicted molar refractivity (Wildman–Crippen MR) is 200 cm³/mol. The Kier molecular flexibility index (Phi) is 35.0. The van der Waals surface area contributed by atoms with Crippen LogP contribution in [0.1, 0.15) is 232 Å². The van der Waals surface area contributed by atoms with E-state index in [0.29, 0.717) is 12.8 Å². The molecule has 0 saturated heterocycles. The lowest BCUT2D eigenvalue weighted by Gasteiger charge is -2.25. The summed E-state index contributed by atoms with van der Waals surface area (Å²) in [6, 6.07) is 0. The number of hydrogen-bond acceptors (Lipinski definition) is 7. The van der Waals surface area contributed by atoms with Crippen molar-refractivity contribution in [2.75, 3.05) is 13.2 Å². The minimum atomic E-state index is -2.47. The zero-order valence-electron chi connectivity index (χ0n) is 32.4. The first kappa shape index (κ1) is 47.4. The summed E-state index contributed by atoms with van der Waals surface area (Å²) in [6.07, 6.45) is 38.0. The predicted octanol–water partition coefficient (Wildman–Crippen LogP) is 10.9. The summed E-state index contributed by atoms with van der Waals surface area (Å²) in [5, 5.41) is 21.9. The van der Waals surface area contributed by atoms with Crippen molar-refractivity contribution in [2.24, 2.45) is 0 Å². The highest BCUT2D eigenvalue weighted by atomic mass is 16.6. The number of esters is 2. The quantitative estimate of drug-likeness (QED) is 0.0503. The summed E-state index contributed by atoms with van der Waals surface area (Å²) >= 11 is 0. The molecule has 290 valence electrons. The zero-order chi connectivity index (χ0) is 36.1. The summed E-state index contributed by atoms with van der Waals surface area (Å²) in [5.74, 6) is -3.52. The van der Waals surface area contributed by atoms with Gasteiger partial charge in [0.25, 0.3) is 0 Å². The Hall–Kier alpha value is -1.63. The highest BCUT2D eigenvalue weighted by Gasteiger charge is 2.40. The largest absolute Gasteiger partial charge is 0.550 e. The monoisotopic (exact) mass is 696 g/mol. The van der Waals surface area contributed by atoms with Gasteiger partial charge in [0.05, 0.1) is 19.6 Å². The number of carboxylic acid groups (broad SMARTS) is 1. The molecule has 0 aliphatic heterocycles. The van der Waals surface area contributed by atoms with Crippen LogP contribution in [0.5, 0.6) is 0 Å². The van der Waals surface area contributed by atoms with Crippen LogP contribution in [0.4, 0.5) is 0 Å². The van der Waals surface area contributed by atoms with E-state index in [0.717, 1.165) is 32.1 Å². The lowest BCUT2D eigenvalue weighted by molar-refractivity contribution is -0.309. The molecule has 0 aliphatic carbocycles. The first-order chi connectivity index (χ1) is 23.9. The number of carbonyl (C=O) groups excluding carboxylic acids is 3. The zero-order valence-corrected chi connectivity index (χ0v) is 32.4. The third-order valence-electron chi connectivity index (χ3n) is 9.75. The van der Waals surface area contributed by atoms with E-state index in [2.05, 4.69) is 13.8 Å². The smallest absolute Gasteiger partial charge is 0.339 e. The lowest BCUT2D eigenvalue weighted by Crippen LogP contribution is -2.47. The first-order valence-electron chi connectivity index (χ1n) is 21.1. The second-order valence-corrected chi connectivity index (χ2v) is 14.7. The van der Waals surface area contributed by atoms with Crippen molar-refractivity contribution in [3.8, 4) is 0 Å². The number of rotatable bonds is 39. The van der Waals surface area contributed by atoms with Gasteiger partial charge in [-0.1, -0.05) is 206 Å². The van der Waals surface area contributed by atoms with Gasteiger partial charge in [0, 0.05) is 12.4 Å². The third-order valence-corrected chi connectivity index (χ3v) is 9.75. The molecular formula is C42H79O7-. The molecule has 0 aliphatic rings. The van der Waals surface area contributed by atoms with Crippen LogP contribution in [0, 0.1) is 0 Å². The number of hydrogen-bond donors (Lipinski definition) is 1. The van der Waals surface area contributed by atoms with Crippen LogP contribution in [-0.2, 0) is 23.9 Å². The molecule has 0 saturated carbocycles. The Morgan fingerprint density at radius 3 is 0.980 bits per heavy atom. The molecule has 0 rings (SSSR count). The summed E-state index contributed by atoms with van der Waals surface area (Å²) in [5.41, 5.74) is -2.47. The van der Waals surface area contributed by atoms with Crippen LogP contribution >= 0.6 is 0 Å². The molecular weight excluding hydrogens is 616 g/mol. The molecule has 7 nitrogen and oxygen atoms in total. The normalized spacial score (nSPS) is 12.6. The van der Waals surface area contributed by atoms with Gasteiger partial charge in [0.1, 0.15) is 0 Å². The van der Waals surface area contributed by atoms with Crippen LogP contribution in [0.15, 0.2) is 0 Å². The van der Waals surface area contributed by atoms with Gasteiger partial charge < -0.3 is 24.5 Å². The van der Waals surface area contributed by atoms with E-state index < -0.39 is 36.4 Å². The molecule has 1 unspecified atom stereocenters. The molecule has 1 atom stereocenters. The van der Waals surface area contributed by atoms with E-state index in [1.165, 1.54) is 161 Å². The average molecular weight is 696 g/mol. The Bertz CT molecular complexity index is 755. The van der Waals surface area contributed by atoms with E-state index in [1.54, 1.807) is 0 Å². The number of aliphatic hydroxyl groups is 1. The molecule has 0 bridgehead atoms. The van der Waals surface area contributed by atoms with Crippen LogP contribution in [0.25, 0.3) is 0 Å². The molecule has 0 radical (unpaired) electrons. The SMILES string of the molecule is CCCCCCCCCCCCCCCCCCOC(=O)CC(O)(CC(=O)[O-])C(=O)OCCCCCCCCCCCCCCCCCC. The maximum absolute atomic E-state index is 12.6. The number of carbonyl (C=O) groups is 3. The van der Waals surface area contributed by atoms with E-state index in [9.17, 15) is 24.6 Å². The minimum absolute atomic E-state index is 0.0842. The molecule has 0 aromatic heterocycles. The number of ether oxygens (including phenoxy) is 2. The second kappa shape index (κ2) is 36.2. The second-order valence-electron chi connectivity index (χ2n) is 14.7. The van der Waals surface area contributed by atoms with Crippen molar-refractivity contribution in [2.45, 2.75) is 238 Å². The van der Waals surface area contributed by atoms with Crippen LogP contribution in [0.2, 0.25) is 0 Å². The van der Waals surface area contributed by atoms with Gasteiger partial charge >= 0.3 is 11.9 Å². The highest BCUT2D eigenvalue weighted by Crippen LogP contribution is 2.20. The van der Waals surface area contributed by atoms with Gasteiger partial charge in [-0.3, -0.25) is 4.79 Å². The molecule has 49 heavy (non-hydrogen) atoms. The lowest BCUT2D eigenvalue weighted by atomic mass is 9.95. The Balaban J connectivity index is 3.82. The van der Waals surface area contributed by atoms with E-state index in [1.807, 2.05) is 0 Å². The fourth-order valence-electron chi connectivity index (χ4n) is 6.52. The van der Waals surface area contributed by atoms with Crippen molar-refractivity contribution in [3.05, 3.63) is 0 Å². The third kappa shape index (κ3) is 33.3. The van der Waals surface area contributed by atoms with Gasteiger partial charge in [0.15, 0.2) is 5.60 Å².